The number of methoxy groups -OCH3 is 1. The number of amides is 2. The molecule has 3 aliphatic rings. The van der Waals surface area contributed by atoms with Crippen molar-refractivity contribution in [3.63, 3.8) is 0 Å². The highest BCUT2D eigenvalue weighted by Gasteiger charge is 2.43. The highest BCUT2D eigenvalue weighted by molar-refractivity contribution is 6.01. The summed E-state index contributed by atoms with van der Waals surface area (Å²) in [7, 11) is 3.41. The summed E-state index contributed by atoms with van der Waals surface area (Å²) in [6, 6.07) is 5.82. The molecule has 40 heavy (non-hydrogen) atoms. The van der Waals surface area contributed by atoms with E-state index in [2.05, 4.69) is 39.7 Å². The molecule has 2 aromatic rings. The van der Waals surface area contributed by atoms with Crippen LogP contribution in [0.2, 0.25) is 0 Å². The fraction of sp³-hybridized carbons (Fsp3) is 0.600. The maximum Gasteiger partial charge on any atom is 0.251 e. The van der Waals surface area contributed by atoms with Crippen molar-refractivity contribution < 1.29 is 14.3 Å². The molecule has 1 aromatic carbocycles. The van der Waals surface area contributed by atoms with E-state index >= 15 is 0 Å². The zero-order chi connectivity index (χ0) is 28.3. The lowest BCUT2D eigenvalue weighted by molar-refractivity contribution is -0.126. The number of hydrogen-bond acceptors (Lipinski definition) is 8. The number of carbonyl (C=O) groups is 2. The van der Waals surface area contributed by atoms with Crippen molar-refractivity contribution in [3.8, 4) is 5.75 Å². The third-order valence-electron chi connectivity index (χ3n) is 8.86. The normalized spacial score (nSPS) is 23.8. The molecule has 3 N–H and O–H groups in total. The molecule has 0 unspecified atom stereocenters. The molecule has 2 amide bonds. The predicted octanol–water partition coefficient (Wildman–Crippen LogP) is 4.24. The van der Waals surface area contributed by atoms with Crippen molar-refractivity contribution >= 4 is 35.0 Å². The van der Waals surface area contributed by atoms with Crippen LogP contribution in [0.3, 0.4) is 0 Å². The van der Waals surface area contributed by atoms with Gasteiger partial charge in [0.05, 0.1) is 24.4 Å². The van der Waals surface area contributed by atoms with Gasteiger partial charge in [0.15, 0.2) is 5.82 Å². The Kier molecular flexibility index (Phi) is 8.44. The summed E-state index contributed by atoms with van der Waals surface area (Å²) in [6.45, 7) is 6.56. The van der Waals surface area contributed by atoms with Crippen LogP contribution in [0.1, 0.15) is 75.6 Å². The van der Waals surface area contributed by atoms with Crippen LogP contribution in [0.5, 0.6) is 5.75 Å². The second-order valence-corrected chi connectivity index (χ2v) is 11.7. The van der Waals surface area contributed by atoms with Crippen molar-refractivity contribution in [2.75, 3.05) is 48.9 Å². The van der Waals surface area contributed by atoms with Gasteiger partial charge in [0, 0.05) is 37.8 Å². The molecule has 1 aromatic heterocycles. The van der Waals surface area contributed by atoms with Gasteiger partial charge in [-0.1, -0.05) is 26.2 Å². The van der Waals surface area contributed by atoms with E-state index in [1.165, 1.54) is 19.3 Å². The Hall–Kier alpha value is -3.40. The van der Waals surface area contributed by atoms with Gasteiger partial charge in [-0.2, -0.15) is 4.98 Å². The highest BCUT2D eigenvalue weighted by atomic mass is 16.5. The second-order valence-electron chi connectivity index (χ2n) is 11.7. The highest BCUT2D eigenvalue weighted by Crippen LogP contribution is 2.41. The fourth-order valence-electron chi connectivity index (χ4n) is 6.17. The molecular weight excluding hydrogens is 506 g/mol. The first-order valence-electron chi connectivity index (χ1n) is 14.7. The molecule has 1 saturated heterocycles. The summed E-state index contributed by atoms with van der Waals surface area (Å²) in [5.74, 6) is 1.72. The maximum atomic E-state index is 13.5. The number of fused-ring (bicyclic) bond motifs is 1. The Bertz CT molecular complexity index is 1230. The Morgan fingerprint density at radius 1 is 1.20 bits per heavy atom. The number of carbonyl (C=O) groups excluding carboxylic acids is 2. The summed E-state index contributed by atoms with van der Waals surface area (Å²) in [6.07, 6.45) is 10.3. The number of nitrogens with one attached hydrogen (secondary N) is 3. The molecule has 0 bridgehead atoms. The summed E-state index contributed by atoms with van der Waals surface area (Å²) < 4.78 is 5.65. The van der Waals surface area contributed by atoms with Gasteiger partial charge in [0.25, 0.3) is 5.91 Å². The SMILES string of the molecule is CC[C@@]1(C)CN(C2CCCCC2)c2nc(Nc3ccc(C(=O)N[C@@H]4CCCNC4)cc3OC)ncc2N(C)C1=O. The summed E-state index contributed by atoms with van der Waals surface area (Å²) in [4.78, 5) is 40.1. The van der Waals surface area contributed by atoms with Crippen LogP contribution in [0.4, 0.5) is 23.1 Å². The van der Waals surface area contributed by atoms with Crippen LogP contribution in [0, 0.1) is 5.41 Å². The number of ether oxygens (including phenoxy) is 1. The van der Waals surface area contributed by atoms with Gasteiger partial charge < -0.3 is 30.5 Å². The summed E-state index contributed by atoms with van der Waals surface area (Å²) >= 11 is 0. The maximum absolute atomic E-state index is 13.5. The first kappa shape index (κ1) is 28.1. The van der Waals surface area contributed by atoms with Crippen molar-refractivity contribution in [1.82, 2.24) is 20.6 Å². The Morgan fingerprint density at radius 2 is 2.00 bits per heavy atom. The second kappa shape index (κ2) is 12.0. The van der Waals surface area contributed by atoms with Gasteiger partial charge in [-0.15, -0.1) is 0 Å². The number of benzene rings is 1. The van der Waals surface area contributed by atoms with Gasteiger partial charge in [-0.05, 0) is 63.8 Å². The fourth-order valence-corrected chi connectivity index (χ4v) is 6.17. The van der Waals surface area contributed by atoms with Gasteiger partial charge in [0.2, 0.25) is 11.9 Å². The van der Waals surface area contributed by atoms with E-state index in [4.69, 9.17) is 9.72 Å². The van der Waals surface area contributed by atoms with E-state index in [-0.39, 0.29) is 17.9 Å². The lowest BCUT2D eigenvalue weighted by atomic mass is 9.84. The van der Waals surface area contributed by atoms with Crippen LogP contribution in [-0.2, 0) is 4.79 Å². The number of aromatic nitrogens is 2. The van der Waals surface area contributed by atoms with Gasteiger partial charge in [0.1, 0.15) is 11.4 Å². The number of nitrogens with zero attached hydrogens (tertiary/aromatic N) is 4. The van der Waals surface area contributed by atoms with E-state index in [0.717, 1.165) is 56.7 Å². The van der Waals surface area contributed by atoms with E-state index in [1.807, 2.05) is 13.1 Å². The Balaban J connectivity index is 1.42. The number of rotatable bonds is 7. The van der Waals surface area contributed by atoms with E-state index in [9.17, 15) is 9.59 Å². The zero-order valence-electron chi connectivity index (χ0n) is 24.3. The summed E-state index contributed by atoms with van der Waals surface area (Å²) in [5.41, 5.74) is 1.43. The minimum atomic E-state index is -0.506. The third kappa shape index (κ3) is 5.73. The molecule has 1 saturated carbocycles. The largest absolute Gasteiger partial charge is 0.495 e. The molecule has 10 nitrogen and oxygen atoms in total. The number of hydrogen-bond donors (Lipinski definition) is 3. The molecule has 2 fully saturated rings. The smallest absolute Gasteiger partial charge is 0.251 e. The van der Waals surface area contributed by atoms with Crippen LogP contribution in [-0.4, -0.2) is 67.7 Å². The molecular formula is C30H43N7O3. The van der Waals surface area contributed by atoms with Crippen LogP contribution in [0.25, 0.3) is 0 Å². The first-order valence-corrected chi connectivity index (χ1v) is 14.7. The van der Waals surface area contributed by atoms with Crippen molar-refractivity contribution in [1.29, 1.82) is 0 Å². The molecule has 0 spiro atoms. The molecule has 10 heteroatoms. The van der Waals surface area contributed by atoms with E-state index in [0.29, 0.717) is 35.5 Å². The van der Waals surface area contributed by atoms with Crippen molar-refractivity contribution in [3.05, 3.63) is 30.0 Å². The minimum absolute atomic E-state index is 0.0958. The standard InChI is InChI=1S/C30H43N7O3/c1-5-30(2)19-37(22-11-7-6-8-12-22)26-24(36(3)28(30)39)18-32-29(35-26)34-23-14-13-20(16-25(23)40-4)27(38)33-21-10-9-15-31-17-21/h13-14,16,18,21-22,31H,5-12,15,17,19H2,1-4H3,(H,33,38)(H,32,34,35)/t21-,30+/m1/s1. The predicted molar refractivity (Wildman–Crippen MR) is 158 cm³/mol. The monoisotopic (exact) mass is 549 g/mol. The topological polar surface area (TPSA) is 112 Å². The Labute approximate surface area is 237 Å². The lowest BCUT2D eigenvalue weighted by Crippen LogP contribution is -2.47. The average molecular weight is 550 g/mol. The first-order chi connectivity index (χ1) is 19.3. The van der Waals surface area contributed by atoms with Gasteiger partial charge >= 0.3 is 0 Å². The van der Waals surface area contributed by atoms with Crippen LogP contribution < -0.4 is 30.5 Å². The van der Waals surface area contributed by atoms with Crippen molar-refractivity contribution in [2.24, 2.45) is 5.41 Å². The molecule has 3 heterocycles. The minimum Gasteiger partial charge on any atom is -0.495 e. The van der Waals surface area contributed by atoms with Crippen LogP contribution >= 0.6 is 0 Å². The zero-order valence-corrected chi connectivity index (χ0v) is 24.3. The molecule has 1 aliphatic carbocycles. The van der Waals surface area contributed by atoms with Gasteiger partial charge in [-0.25, -0.2) is 4.98 Å². The van der Waals surface area contributed by atoms with Crippen LogP contribution in [0.15, 0.2) is 24.4 Å². The molecule has 2 aliphatic heterocycles. The Morgan fingerprint density at radius 3 is 2.70 bits per heavy atom. The quantitative estimate of drug-likeness (QED) is 0.470. The third-order valence-corrected chi connectivity index (χ3v) is 8.86. The van der Waals surface area contributed by atoms with Crippen molar-refractivity contribution in [2.45, 2.75) is 77.3 Å². The number of anilines is 4. The summed E-state index contributed by atoms with van der Waals surface area (Å²) in [5, 5.41) is 9.74. The van der Waals surface area contributed by atoms with E-state index in [1.54, 1.807) is 30.3 Å². The van der Waals surface area contributed by atoms with Gasteiger partial charge in [-0.3, -0.25) is 9.59 Å². The molecule has 2 atom stereocenters. The number of piperidine rings is 1. The van der Waals surface area contributed by atoms with E-state index < -0.39 is 5.41 Å². The average Bonchev–Trinajstić information content (AvgIpc) is 3.07. The molecule has 0 radical (unpaired) electrons. The lowest BCUT2D eigenvalue weighted by Gasteiger charge is -2.38. The molecule has 216 valence electrons. The molecule has 5 rings (SSSR count).